The molecular formula is C12H14FNO. The topological polar surface area (TPSA) is 14.2 Å². The van der Waals surface area contributed by atoms with Crippen LogP contribution in [0.15, 0.2) is 30.5 Å². The van der Waals surface area contributed by atoms with Crippen LogP contribution in [0.5, 0.6) is 0 Å². The van der Waals surface area contributed by atoms with Crippen LogP contribution in [0, 0.1) is 5.82 Å². The van der Waals surface area contributed by atoms with Crippen molar-refractivity contribution in [1.29, 1.82) is 0 Å². The fourth-order valence-electron chi connectivity index (χ4n) is 1.77. The summed E-state index contributed by atoms with van der Waals surface area (Å²) in [5, 5.41) is 0.690. The Morgan fingerprint density at radius 3 is 2.93 bits per heavy atom. The van der Waals surface area contributed by atoms with E-state index in [4.69, 9.17) is 4.74 Å². The molecule has 15 heavy (non-hydrogen) atoms. The maximum absolute atomic E-state index is 13.5. The molecule has 1 heterocycles. The third-order valence-electron chi connectivity index (χ3n) is 2.49. The molecule has 0 radical (unpaired) electrons. The van der Waals surface area contributed by atoms with Crippen LogP contribution in [-0.2, 0) is 11.3 Å². The molecule has 3 heteroatoms. The van der Waals surface area contributed by atoms with Gasteiger partial charge in [-0.15, -0.1) is 0 Å². The van der Waals surface area contributed by atoms with E-state index in [1.165, 1.54) is 0 Å². The second-order valence-corrected chi connectivity index (χ2v) is 3.53. The van der Waals surface area contributed by atoms with Crippen molar-refractivity contribution in [2.45, 2.75) is 13.0 Å². The molecule has 80 valence electrons. The molecular weight excluding hydrogens is 193 g/mol. The predicted molar refractivity (Wildman–Crippen MR) is 58.4 cm³/mol. The van der Waals surface area contributed by atoms with Crippen molar-refractivity contribution in [1.82, 2.24) is 4.57 Å². The van der Waals surface area contributed by atoms with E-state index in [0.717, 1.165) is 18.5 Å². The number of hydrogen-bond donors (Lipinski definition) is 0. The van der Waals surface area contributed by atoms with Crippen molar-refractivity contribution in [3.05, 3.63) is 36.3 Å². The third-order valence-corrected chi connectivity index (χ3v) is 2.49. The van der Waals surface area contributed by atoms with Gasteiger partial charge in [0.15, 0.2) is 0 Å². The summed E-state index contributed by atoms with van der Waals surface area (Å²) in [5.41, 5.74) is 0.950. The van der Waals surface area contributed by atoms with Crippen LogP contribution in [0.25, 0.3) is 10.9 Å². The second kappa shape index (κ2) is 4.45. The maximum Gasteiger partial charge on any atom is 0.148 e. The van der Waals surface area contributed by atoms with Gasteiger partial charge in [-0.1, -0.05) is 12.1 Å². The number of para-hydroxylation sites is 1. The van der Waals surface area contributed by atoms with E-state index in [-0.39, 0.29) is 5.82 Å². The van der Waals surface area contributed by atoms with Crippen molar-refractivity contribution in [2.24, 2.45) is 0 Å². The molecule has 0 unspecified atom stereocenters. The standard InChI is InChI=1S/C12H14FNO/c1-15-8-4-7-14-9-11(13)10-5-2-3-6-12(10)14/h2-3,5-6,9H,4,7-8H2,1H3. The van der Waals surface area contributed by atoms with Gasteiger partial charge < -0.3 is 9.30 Å². The number of aromatic nitrogens is 1. The van der Waals surface area contributed by atoms with E-state index in [2.05, 4.69) is 0 Å². The summed E-state index contributed by atoms with van der Waals surface area (Å²) < 4.78 is 20.4. The van der Waals surface area contributed by atoms with Gasteiger partial charge in [-0.25, -0.2) is 4.39 Å². The van der Waals surface area contributed by atoms with Gasteiger partial charge in [-0.3, -0.25) is 0 Å². The number of fused-ring (bicyclic) bond motifs is 1. The molecule has 0 aliphatic rings. The number of ether oxygens (including phenoxy) is 1. The molecule has 1 aromatic carbocycles. The second-order valence-electron chi connectivity index (χ2n) is 3.53. The summed E-state index contributed by atoms with van der Waals surface area (Å²) in [4.78, 5) is 0. The van der Waals surface area contributed by atoms with Gasteiger partial charge in [0.1, 0.15) is 5.82 Å². The Morgan fingerprint density at radius 2 is 2.13 bits per heavy atom. The zero-order valence-electron chi connectivity index (χ0n) is 8.74. The number of methoxy groups -OCH3 is 1. The first-order valence-electron chi connectivity index (χ1n) is 5.05. The maximum atomic E-state index is 13.5. The van der Waals surface area contributed by atoms with Crippen LogP contribution < -0.4 is 0 Å². The van der Waals surface area contributed by atoms with E-state index < -0.39 is 0 Å². The average molecular weight is 207 g/mol. The highest BCUT2D eigenvalue weighted by Crippen LogP contribution is 2.19. The van der Waals surface area contributed by atoms with Gasteiger partial charge in [-0.05, 0) is 18.6 Å². The van der Waals surface area contributed by atoms with Gasteiger partial charge in [-0.2, -0.15) is 0 Å². The zero-order valence-corrected chi connectivity index (χ0v) is 8.74. The first-order chi connectivity index (χ1) is 7.33. The van der Waals surface area contributed by atoms with Gasteiger partial charge >= 0.3 is 0 Å². The Balaban J connectivity index is 2.27. The van der Waals surface area contributed by atoms with Gasteiger partial charge in [0, 0.05) is 31.8 Å². The van der Waals surface area contributed by atoms with Crippen LogP contribution >= 0.6 is 0 Å². The summed E-state index contributed by atoms with van der Waals surface area (Å²) in [5.74, 6) is -0.150. The molecule has 0 N–H and O–H groups in total. The lowest BCUT2D eigenvalue weighted by molar-refractivity contribution is 0.190. The molecule has 0 bridgehead atoms. The highest BCUT2D eigenvalue weighted by atomic mass is 19.1. The molecule has 2 aromatic rings. The van der Waals surface area contributed by atoms with Gasteiger partial charge in [0.25, 0.3) is 0 Å². The molecule has 0 aliphatic heterocycles. The fourth-order valence-corrected chi connectivity index (χ4v) is 1.77. The number of rotatable bonds is 4. The molecule has 0 saturated carbocycles. The molecule has 2 rings (SSSR count). The van der Waals surface area contributed by atoms with Gasteiger partial charge in [0.05, 0.1) is 5.52 Å². The SMILES string of the molecule is COCCCn1cc(F)c2ccccc21. The van der Waals surface area contributed by atoms with Gasteiger partial charge in [0.2, 0.25) is 0 Å². The number of aryl methyl sites for hydroxylation is 1. The first-order valence-corrected chi connectivity index (χ1v) is 5.05. The van der Waals surface area contributed by atoms with Crippen molar-refractivity contribution in [3.63, 3.8) is 0 Å². The largest absolute Gasteiger partial charge is 0.385 e. The molecule has 0 fully saturated rings. The quantitative estimate of drug-likeness (QED) is 0.703. The smallest absolute Gasteiger partial charge is 0.148 e. The zero-order chi connectivity index (χ0) is 10.7. The average Bonchev–Trinajstić information content (AvgIpc) is 2.58. The van der Waals surface area contributed by atoms with Crippen molar-refractivity contribution in [2.75, 3.05) is 13.7 Å². The predicted octanol–water partition coefficient (Wildman–Crippen LogP) is 2.82. The molecule has 0 spiro atoms. The van der Waals surface area contributed by atoms with Crippen molar-refractivity contribution >= 4 is 10.9 Å². The molecule has 2 nitrogen and oxygen atoms in total. The number of benzene rings is 1. The summed E-state index contributed by atoms with van der Waals surface area (Å²) in [6.45, 7) is 1.49. The molecule has 0 atom stereocenters. The highest BCUT2D eigenvalue weighted by Gasteiger charge is 2.06. The van der Waals surface area contributed by atoms with E-state index >= 15 is 0 Å². The minimum atomic E-state index is -0.150. The van der Waals surface area contributed by atoms with Crippen molar-refractivity contribution < 1.29 is 9.13 Å². The lowest BCUT2D eigenvalue weighted by Crippen LogP contribution is -1.99. The van der Waals surface area contributed by atoms with Crippen LogP contribution in [0.3, 0.4) is 0 Å². The lowest BCUT2D eigenvalue weighted by Gasteiger charge is -2.03. The molecule has 0 aliphatic carbocycles. The minimum Gasteiger partial charge on any atom is -0.385 e. The van der Waals surface area contributed by atoms with E-state index in [0.29, 0.717) is 12.0 Å². The van der Waals surface area contributed by atoms with E-state index in [9.17, 15) is 4.39 Å². The van der Waals surface area contributed by atoms with Crippen LogP contribution in [0.1, 0.15) is 6.42 Å². The Morgan fingerprint density at radius 1 is 1.33 bits per heavy atom. The van der Waals surface area contributed by atoms with Crippen molar-refractivity contribution in [3.8, 4) is 0 Å². The summed E-state index contributed by atoms with van der Waals surface area (Å²) in [7, 11) is 1.67. The monoisotopic (exact) mass is 207 g/mol. The number of nitrogens with zero attached hydrogens (tertiary/aromatic N) is 1. The van der Waals surface area contributed by atoms with Crippen LogP contribution in [-0.4, -0.2) is 18.3 Å². The summed E-state index contributed by atoms with van der Waals surface area (Å²) >= 11 is 0. The normalized spacial score (nSPS) is 11.1. The highest BCUT2D eigenvalue weighted by molar-refractivity contribution is 5.80. The van der Waals surface area contributed by atoms with E-state index in [1.54, 1.807) is 19.4 Å². The summed E-state index contributed by atoms with van der Waals surface area (Å²) in [6.07, 6.45) is 2.45. The fraction of sp³-hybridized carbons (Fsp3) is 0.333. The Hall–Kier alpha value is -1.35. The Kier molecular flexibility index (Phi) is 3.02. The minimum absolute atomic E-state index is 0.150. The van der Waals surface area contributed by atoms with Crippen LogP contribution in [0.4, 0.5) is 4.39 Å². The molecule has 1 aromatic heterocycles. The number of halogens is 1. The van der Waals surface area contributed by atoms with E-state index in [1.807, 2.05) is 22.8 Å². The third kappa shape index (κ3) is 2.02. The number of hydrogen-bond acceptors (Lipinski definition) is 1. The Labute approximate surface area is 88.3 Å². The molecule has 0 amide bonds. The lowest BCUT2D eigenvalue weighted by atomic mass is 10.2. The Bertz CT molecular complexity index is 450. The summed E-state index contributed by atoms with van der Waals surface area (Å²) in [6, 6.07) is 7.52. The van der Waals surface area contributed by atoms with Crippen LogP contribution in [0.2, 0.25) is 0 Å². The molecule has 0 saturated heterocycles. The first kappa shape index (κ1) is 10.2.